The molecule has 2 amide bonds. The van der Waals surface area contributed by atoms with Gasteiger partial charge in [0.1, 0.15) is 12.4 Å². The van der Waals surface area contributed by atoms with Gasteiger partial charge in [0, 0.05) is 30.3 Å². The van der Waals surface area contributed by atoms with E-state index in [-0.39, 0.29) is 35.9 Å². The third-order valence-corrected chi connectivity index (χ3v) is 5.20. The predicted octanol–water partition coefficient (Wildman–Crippen LogP) is 4.77. The van der Waals surface area contributed by atoms with Crippen LogP contribution in [0.15, 0.2) is 42.5 Å². The third-order valence-electron chi connectivity index (χ3n) is 5.20. The molecule has 31 heavy (non-hydrogen) atoms. The van der Waals surface area contributed by atoms with E-state index in [0.717, 1.165) is 6.42 Å². The van der Waals surface area contributed by atoms with Crippen LogP contribution in [0.5, 0.6) is 5.75 Å². The highest BCUT2D eigenvalue weighted by Crippen LogP contribution is 2.26. The number of carbonyl (C=O) groups excluding carboxylic acids is 2. The zero-order valence-corrected chi connectivity index (χ0v) is 18.1. The zero-order chi connectivity index (χ0) is 22.6. The van der Waals surface area contributed by atoms with Crippen LogP contribution >= 0.6 is 0 Å². The molecule has 1 aliphatic rings. The molecule has 1 fully saturated rings. The van der Waals surface area contributed by atoms with Crippen molar-refractivity contribution in [3.63, 3.8) is 0 Å². The summed E-state index contributed by atoms with van der Waals surface area (Å²) in [7, 11) is 0. The smallest absolute Gasteiger partial charge is 0.229 e. The second kappa shape index (κ2) is 9.45. The Hall–Kier alpha value is -2.96. The summed E-state index contributed by atoms with van der Waals surface area (Å²) in [6.45, 7) is 6.62. The summed E-state index contributed by atoms with van der Waals surface area (Å²) in [5, 5.41) is 2.74. The summed E-state index contributed by atoms with van der Waals surface area (Å²) >= 11 is 0. The van der Waals surface area contributed by atoms with E-state index in [1.54, 1.807) is 23.1 Å². The average Bonchev–Trinajstić information content (AvgIpc) is 2.72. The monoisotopic (exact) mass is 430 g/mol. The Bertz CT molecular complexity index is 956. The average molecular weight is 430 g/mol. The van der Waals surface area contributed by atoms with Crippen molar-refractivity contribution in [3.05, 3.63) is 59.7 Å². The van der Waals surface area contributed by atoms with Crippen molar-refractivity contribution in [1.29, 1.82) is 0 Å². The van der Waals surface area contributed by atoms with Crippen LogP contribution in [0.2, 0.25) is 0 Å². The van der Waals surface area contributed by atoms with Crippen molar-refractivity contribution in [3.8, 4) is 5.75 Å². The largest absolute Gasteiger partial charge is 0.486 e. The molecular weight excluding hydrogens is 402 g/mol. The van der Waals surface area contributed by atoms with Crippen LogP contribution in [0.25, 0.3) is 0 Å². The van der Waals surface area contributed by atoms with Crippen LogP contribution in [-0.2, 0) is 16.2 Å². The van der Waals surface area contributed by atoms with Crippen molar-refractivity contribution < 1.29 is 23.1 Å². The van der Waals surface area contributed by atoms with E-state index in [0.29, 0.717) is 30.8 Å². The summed E-state index contributed by atoms with van der Waals surface area (Å²) in [4.78, 5) is 26.9. The van der Waals surface area contributed by atoms with Crippen molar-refractivity contribution in [2.24, 2.45) is 11.3 Å². The minimum absolute atomic E-state index is 0.0156. The topological polar surface area (TPSA) is 58.6 Å². The number of likely N-dealkylation sites (tertiary alicyclic amines) is 1. The maximum absolute atomic E-state index is 14.4. The number of rotatable bonds is 5. The molecule has 1 N–H and O–H groups in total. The Morgan fingerprint density at radius 3 is 2.61 bits per heavy atom. The lowest BCUT2D eigenvalue weighted by molar-refractivity contribution is -0.142. The molecule has 1 saturated heterocycles. The Labute approximate surface area is 181 Å². The molecule has 0 spiro atoms. The summed E-state index contributed by atoms with van der Waals surface area (Å²) < 4.78 is 33.1. The van der Waals surface area contributed by atoms with E-state index in [4.69, 9.17) is 4.74 Å². The van der Waals surface area contributed by atoms with Gasteiger partial charge in [-0.3, -0.25) is 9.59 Å². The van der Waals surface area contributed by atoms with Crippen molar-refractivity contribution in [1.82, 2.24) is 4.90 Å². The normalized spacial score (nSPS) is 16.7. The van der Waals surface area contributed by atoms with Crippen molar-refractivity contribution in [2.75, 3.05) is 18.4 Å². The van der Waals surface area contributed by atoms with Gasteiger partial charge in [0.25, 0.3) is 0 Å². The van der Waals surface area contributed by atoms with Gasteiger partial charge < -0.3 is 15.0 Å². The highest BCUT2D eigenvalue weighted by molar-refractivity contribution is 5.93. The lowest BCUT2D eigenvalue weighted by Gasteiger charge is -2.35. The first-order valence-electron chi connectivity index (χ1n) is 10.4. The number of hydrogen-bond acceptors (Lipinski definition) is 3. The van der Waals surface area contributed by atoms with Crippen LogP contribution in [0.4, 0.5) is 14.5 Å². The van der Waals surface area contributed by atoms with Crippen molar-refractivity contribution in [2.45, 2.75) is 40.2 Å². The Morgan fingerprint density at radius 1 is 1.16 bits per heavy atom. The predicted molar refractivity (Wildman–Crippen MR) is 115 cm³/mol. The van der Waals surface area contributed by atoms with Gasteiger partial charge in [-0.25, -0.2) is 8.78 Å². The number of carbonyl (C=O) groups is 2. The van der Waals surface area contributed by atoms with E-state index in [9.17, 15) is 18.4 Å². The Kier molecular flexibility index (Phi) is 6.93. The van der Waals surface area contributed by atoms with Gasteiger partial charge in [-0.1, -0.05) is 32.9 Å². The van der Waals surface area contributed by atoms with Gasteiger partial charge in [0.05, 0.1) is 5.92 Å². The third kappa shape index (κ3) is 6.03. The van der Waals surface area contributed by atoms with Crippen LogP contribution in [0, 0.1) is 23.0 Å². The first-order valence-corrected chi connectivity index (χ1v) is 10.4. The molecule has 0 bridgehead atoms. The van der Waals surface area contributed by atoms with Gasteiger partial charge in [0.15, 0.2) is 11.6 Å². The molecule has 2 aromatic carbocycles. The molecule has 2 aromatic rings. The van der Waals surface area contributed by atoms with E-state index >= 15 is 0 Å². The van der Waals surface area contributed by atoms with E-state index < -0.39 is 11.2 Å². The number of hydrogen-bond donors (Lipinski definition) is 1. The fraction of sp³-hybridized carbons (Fsp3) is 0.417. The number of halogens is 2. The summed E-state index contributed by atoms with van der Waals surface area (Å²) in [6, 6.07) is 10.1. The van der Waals surface area contributed by atoms with E-state index in [2.05, 4.69) is 5.32 Å². The number of ether oxygens (including phenoxy) is 1. The lowest BCUT2D eigenvalue weighted by Crippen LogP contribution is -2.47. The Balaban J connectivity index is 1.59. The van der Waals surface area contributed by atoms with Gasteiger partial charge in [-0.2, -0.15) is 0 Å². The molecule has 3 rings (SSSR count). The van der Waals surface area contributed by atoms with E-state index in [1.807, 2.05) is 20.8 Å². The maximum Gasteiger partial charge on any atom is 0.229 e. The molecule has 166 valence electrons. The van der Waals surface area contributed by atoms with Crippen LogP contribution in [0.3, 0.4) is 0 Å². The van der Waals surface area contributed by atoms with Gasteiger partial charge in [0.2, 0.25) is 11.8 Å². The summed E-state index contributed by atoms with van der Waals surface area (Å²) in [6.07, 6.45) is 1.43. The second-order valence-corrected chi connectivity index (χ2v) is 8.89. The van der Waals surface area contributed by atoms with Gasteiger partial charge in [-0.05, 0) is 42.7 Å². The molecule has 1 aliphatic heterocycles. The molecule has 0 saturated carbocycles. The zero-order valence-electron chi connectivity index (χ0n) is 18.1. The maximum atomic E-state index is 14.4. The van der Waals surface area contributed by atoms with Crippen LogP contribution in [0.1, 0.15) is 39.2 Å². The number of piperidine rings is 1. The fourth-order valence-electron chi connectivity index (χ4n) is 3.58. The van der Waals surface area contributed by atoms with E-state index in [1.165, 1.54) is 24.3 Å². The lowest BCUT2D eigenvalue weighted by atomic mass is 9.91. The van der Waals surface area contributed by atoms with Crippen LogP contribution < -0.4 is 10.1 Å². The number of anilines is 1. The summed E-state index contributed by atoms with van der Waals surface area (Å²) in [5.41, 5.74) is 0.409. The number of benzene rings is 2. The molecule has 5 nitrogen and oxygen atoms in total. The number of nitrogens with one attached hydrogen (secondary N) is 1. The Morgan fingerprint density at radius 2 is 1.94 bits per heavy atom. The first kappa shape index (κ1) is 22.7. The number of amides is 2. The molecule has 0 aromatic heterocycles. The highest BCUT2D eigenvalue weighted by atomic mass is 19.1. The first-order chi connectivity index (χ1) is 14.6. The van der Waals surface area contributed by atoms with Gasteiger partial charge >= 0.3 is 0 Å². The standard InChI is InChI=1S/C24H28F2N2O3/c1-24(2,3)23(30)28-11-5-7-17(14-28)22(29)27-19-9-10-21(20(26)13-19)31-15-16-6-4-8-18(25)12-16/h4,6,8-10,12-13,17H,5,7,11,14-15H2,1-3H3,(H,27,29). The SMILES string of the molecule is CC(C)(C)C(=O)N1CCCC(C(=O)Nc2ccc(OCc3cccc(F)c3)c(F)c2)C1. The van der Waals surface area contributed by atoms with Crippen LogP contribution in [-0.4, -0.2) is 29.8 Å². The molecule has 0 aliphatic carbocycles. The fourth-order valence-corrected chi connectivity index (χ4v) is 3.58. The molecule has 1 heterocycles. The minimum atomic E-state index is -0.623. The van der Waals surface area contributed by atoms with Crippen molar-refractivity contribution >= 4 is 17.5 Å². The highest BCUT2D eigenvalue weighted by Gasteiger charge is 2.33. The molecule has 1 unspecified atom stereocenters. The quantitative estimate of drug-likeness (QED) is 0.744. The second-order valence-electron chi connectivity index (χ2n) is 8.89. The minimum Gasteiger partial charge on any atom is -0.486 e. The summed E-state index contributed by atoms with van der Waals surface area (Å²) in [5.74, 6) is -1.54. The van der Waals surface area contributed by atoms with Gasteiger partial charge in [-0.15, -0.1) is 0 Å². The number of nitrogens with zero attached hydrogens (tertiary/aromatic N) is 1. The molecule has 7 heteroatoms. The molecule has 1 atom stereocenters. The molecular formula is C24H28F2N2O3. The molecule has 0 radical (unpaired) electrons.